The van der Waals surface area contributed by atoms with Crippen molar-refractivity contribution in [2.75, 3.05) is 12.4 Å². The Labute approximate surface area is 125 Å². The molecule has 0 bridgehead atoms. The number of benzene rings is 2. The first-order valence-electron chi connectivity index (χ1n) is 6.82. The number of hydrogen-bond acceptors (Lipinski definition) is 2. The summed E-state index contributed by atoms with van der Waals surface area (Å²) in [5.74, 6) is 0.904. The molecular formula is C17H20ClNO. The highest BCUT2D eigenvalue weighted by Crippen LogP contribution is 2.17. The Morgan fingerprint density at radius 3 is 2.30 bits per heavy atom. The van der Waals surface area contributed by atoms with Gasteiger partial charge >= 0.3 is 0 Å². The van der Waals surface area contributed by atoms with E-state index in [0.29, 0.717) is 6.04 Å². The first-order chi connectivity index (χ1) is 9.67. The first-order valence-corrected chi connectivity index (χ1v) is 7.20. The largest absolute Gasteiger partial charge is 0.497 e. The highest BCUT2D eigenvalue weighted by molar-refractivity contribution is 6.30. The summed E-state index contributed by atoms with van der Waals surface area (Å²) in [4.78, 5) is 0. The van der Waals surface area contributed by atoms with Gasteiger partial charge in [0.25, 0.3) is 0 Å². The molecule has 0 amide bonds. The van der Waals surface area contributed by atoms with Gasteiger partial charge in [-0.3, -0.25) is 0 Å². The SMILES string of the molecule is COc1ccc(CC[C@@H](C)Nc2ccc(Cl)cc2)cc1. The maximum absolute atomic E-state index is 5.88. The fraction of sp³-hybridized carbons (Fsp3) is 0.294. The number of methoxy groups -OCH3 is 1. The van der Waals surface area contributed by atoms with Crippen LogP contribution < -0.4 is 10.1 Å². The second kappa shape index (κ2) is 7.20. The van der Waals surface area contributed by atoms with E-state index in [-0.39, 0.29) is 0 Å². The van der Waals surface area contributed by atoms with E-state index < -0.39 is 0 Å². The molecule has 2 aromatic carbocycles. The zero-order chi connectivity index (χ0) is 14.4. The van der Waals surface area contributed by atoms with Crippen LogP contribution in [0.1, 0.15) is 18.9 Å². The van der Waals surface area contributed by atoms with Crippen molar-refractivity contribution >= 4 is 17.3 Å². The third-order valence-corrected chi connectivity index (χ3v) is 3.53. The van der Waals surface area contributed by atoms with Gasteiger partial charge in [-0.15, -0.1) is 0 Å². The Balaban J connectivity index is 1.82. The van der Waals surface area contributed by atoms with Gasteiger partial charge in [0.05, 0.1) is 7.11 Å². The van der Waals surface area contributed by atoms with Gasteiger partial charge in [0.2, 0.25) is 0 Å². The summed E-state index contributed by atoms with van der Waals surface area (Å²) in [6.45, 7) is 2.19. The van der Waals surface area contributed by atoms with Gasteiger partial charge in [0, 0.05) is 16.8 Å². The van der Waals surface area contributed by atoms with Crippen LogP contribution in [0.5, 0.6) is 5.75 Å². The number of rotatable bonds is 6. The third-order valence-electron chi connectivity index (χ3n) is 3.28. The Hall–Kier alpha value is -1.67. The van der Waals surface area contributed by atoms with Crippen molar-refractivity contribution in [2.45, 2.75) is 25.8 Å². The van der Waals surface area contributed by atoms with Crippen LogP contribution in [0.3, 0.4) is 0 Å². The van der Waals surface area contributed by atoms with Crippen LogP contribution in [0.15, 0.2) is 48.5 Å². The van der Waals surface area contributed by atoms with E-state index in [1.54, 1.807) is 7.11 Å². The molecule has 0 aromatic heterocycles. The number of halogens is 1. The Morgan fingerprint density at radius 1 is 1.05 bits per heavy atom. The zero-order valence-electron chi connectivity index (χ0n) is 11.9. The Morgan fingerprint density at radius 2 is 1.70 bits per heavy atom. The molecule has 0 aliphatic carbocycles. The van der Waals surface area contributed by atoms with Crippen LogP contribution in [0.4, 0.5) is 5.69 Å². The average molecular weight is 290 g/mol. The van der Waals surface area contributed by atoms with Crippen LogP contribution >= 0.6 is 11.6 Å². The number of hydrogen-bond donors (Lipinski definition) is 1. The van der Waals surface area contributed by atoms with Crippen molar-refractivity contribution in [3.8, 4) is 5.75 Å². The minimum Gasteiger partial charge on any atom is -0.497 e. The van der Waals surface area contributed by atoms with Crippen molar-refractivity contribution in [1.82, 2.24) is 0 Å². The molecule has 0 spiro atoms. The molecule has 106 valence electrons. The minimum absolute atomic E-state index is 0.415. The summed E-state index contributed by atoms with van der Waals surface area (Å²) in [6, 6.07) is 16.5. The highest BCUT2D eigenvalue weighted by Gasteiger charge is 2.03. The summed E-state index contributed by atoms with van der Waals surface area (Å²) in [7, 11) is 1.69. The van der Waals surface area contributed by atoms with Gasteiger partial charge < -0.3 is 10.1 Å². The molecule has 0 heterocycles. The van der Waals surface area contributed by atoms with Gasteiger partial charge in [-0.25, -0.2) is 0 Å². The maximum Gasteiger partial charge on any atom is 0.118 e. The summed E-state index contributed by atoms with van der Waals surface area (Å²) >= 11 is 5.88. The maximum atomic E-state index is 5.88. The molecule has 0 aliphatic rings. The predicted molar refractivity (Wildman–Crippen MR) is 85.9 cm³/mol. The fourth-order valence-electron chi connectivity index (χ4n) is 2.08. The first kappa shape index (κ1) is 14.7. The van der Waals surface area contributed by atoms with Gasteiger partial charge in [-0.2, -0.15) is 0 Å². The van der Waals surface area contributed by atoms with Crippen LogP contribution in [-0.2, 0) is 6.42 Å². The summed E-state index contributed by atoms with van der Waals surface area (Å²) in [6.07, 6.45) is 2.13. The standard InChI is InChI=1S/C17H20ClNO/c1-13(19-16-9-7-15(18)8-10-16)3-4-14-5-11-17(20-2)12-6-14/h5-13,19H,3-4H2,1-2H3/t13-/m1/s1. The fourth-order valence-corrected chi connectivity index (χ4v) is 2.20. The molecule has 2 nitrogen and oxygen atoms in total. The molecule has 0 saturated carbocycles. The minimum atomic E-state index is 0.415. The van der Waals surface area contributed by atoms with Crippen molar-refractivity contribution in [3.63, 3.8) is 0 Å². The van der Waals surface area contributed by atoms with Gasteiger partial charge in [0.15, 0.2) is 0 Å². The van der Waals surface area contributed by atoms with Gasteiger partial charge in [-0.05, 0) is 61.7 Å². The highest BCUT2D eigenvalue weighted by atomic mass is 35.5. The van der Waals surface area contributed by atoms with Crippen LogP contribution in [0.25, 0.3) is 0 Å². The lowest BCUT2D eigenvalue weighted by Crippen LogP contribution is -2.15. The van der Waals surface area contributed by atoms with E-state index in [0.717, 1.165) is 29.3 Å². The molecule has 0 unspecified atom stereocenters. The lowest BCUT2D eigenvalue weighted by atomic mass is 10.1. The lowest BCUT2D eigenvalue weighted by molar-refractivity contribution is 0.414. The second-order valence-corrected chi connectivity index (χ2v) is 5.38. The molecule has 1 atom stereocenters. The molecular weight excluding hydrogens is 270 g/mol. The molecule has 20 heavy (non-hydrogen) atoms. The number of ether oxygens (including phenoxy) is 1. The van der Waals surface area contributed by atoms with E-state index in [2.05, 4.69) is 24.4 Å². The summed E-state index contributed by atoms with van der Waals surface area (Å²) in [5, 5.41) is 4.24. The van der Waals surface area contributed by atoms with E-state index >= 15 is 0 Å². The smallest absolute Gasteiger partial charge is 0.118 e. The Bertz CT molecular complexity index is 522. The van der Waals surface area contributed by atoms with Gasteiger partial charge in [0.1, 0.15) is 5.75 Å². The zero-order valence-corrected chi connectivity index (χ0v) is 12.7. The molecule has 2 rings (SSSR count). The van der Waals surface area contributed by atoms with Crippen molar-refractivity contribution in [2.24, 2.45) is 0 Å². The predicted octanol–water partition coefficient (Wildman–Crippen LogP) is 4.78. The monoisotopic (exact) mass is 289 g/mol. The quantitative estimate of drug-likeness (QED) is 0.826. The van der Waals surface area contributed by atoms with E-state index in [1.165, 1.54) is 5.56 Å². The molecule has 0 aliphatic heterocycles. The normalized spacial score (nSPS) is 11.9. The molecule has 1 N–H and O–H groups in total. The van der Waals surface area contributed by atoms with Crippen LogP contribution in [0, 0.1) is 0 Å². The molecule has 2 aromatic rings. The molecule has 0 saturated heterocycles. The van der Waals surface area contributed by atoms with Crippen molar-refractivity contribution < 1.29 is 4.74 Å². The second-order valence-electron chi connectivity index (χ2n) is 4.94. The average Bonchev–Trinajstić information content (AvgIpc) is 2.48. The van der Waals surface area contributed by atoms with E-state index in [9.17, 15) is 0 Å². The topological polar surface area (TPSA) is 21.3 Å². The van der Waals surface area contributed by atoms with Crippen LogP contribution in [-0.4, -0.2) is 13.2 Å². The number of nitrogens with one attached hydrogen (secondary N) is 1. The van der Waals surface area contributed by atoms with Gasteiger partial charge in [-0.1, -0.05) is 23.7 Å². The summed E-state index contributed by atoms with van der Waals surface area (Å²) < 4.78 is 5.16. The third kappa shape index (κ3) is 4.46. The van der Waals surface area contributed by atoms with Crippen molar-refractivity contribution in [1.29, 1.82) is 0 Å². The molecule has 0 fully saturated rings. The summed E-state index contributed by atoms with van der Waals surface area (Å²) in [5.41, 5.74) is 2.44. The molecule has 3 heteroatoms. The van der Waals surface area contributed by atoms with E-state index in [4.69, 9.17) is 16.3 Å². The Kier molecular flexibility index (Phi) is 5.31. The van der Waals surface area contributed by atoms with Crippen molar-refractivity contribution in [3.05, 3.63) is 59.1 Å². The molecule has 0 radical (unpaired) electrons. The lowest BCUT2D eigenvalue weighted by Gasteiger charge is -2.15. The number of anilines is 1. The van der Waals surface area contributed by atoms with E-state index in [1.807, 2.05) is 36.4 Å². The van der Waals surface area contributed by atoms with Crippen LogP contribution in [0.2, 0.25) is 5.02 Å². The number of aryl methyl sites for hydroxylation is 1.